The number of rotatable bonds is 2. The van der Waals surface area contributed by atoms with Crippen molar-refractivity contribution in [2.75, 3.05) is 6.61 Å². The summed E-state index contributed by atoms with van der Waals surface area (Å²) in [5.74, 6) is 0.724. The van der Waals surface area contributed by atoms with Gasteiger partial charge in [0.15, 0.2) is 5.90 Å². The lowest BCUT2D eigenvalue weighted by molar-refractivity contribution is 0.0434. The molecule has 0 fully saturated rings. The molecule has 0 aliphatic carbocycles. The van der Waals surface area contributed by atoms with Crippen LogP contribution < -0.4 is 0 Å². The van der Waals surface area contributed by atoms with Gasteiger partial charge < -0.3 is 9.84 Å². The number of hydrogen-bond donors (Lipinski definition) is 1. The van der Waals surface area contributed by atoms with Gasteiger partial charge in [0.2, 0.25) is 0 Å². The summed E-state index contributed by atoms with van der Waals surface area (Å²) in [5, 5.41) is 9.60. The summed E-state index contributed by atoms with van der Waals surface area (Å²) >= 11 is 0. The average molecular weight is 171 g/mol. The van der Waals surface area contributed by atoms with Gasteiger partial charge in [-0.1, -0.05) is 0 Å². The Morgan fingerprint density at radius 1 is 1.67 bits per heavy atom. The van der Waals surface area contributed by atoms with E-state index in [0.717, 1.165) is 5.90 Å². The lowest BCUT2D eigenvalue weighted by Gasteiger charge is -2.26. The second-order valence-electron chi connectivity index (χ2n) is 4.41. The fraction of sp³-hybridized carbons (Fsp3) is 0.889. The summed E-state index contributed by atoms with van der Waals surface area (Å²) in [5.41, 5.74) is -0.908. The fourth-order valence-corrected chi connectivity index (χ4v) is 1.73. The summed E-state index contributed by atoms with van der Waals surface area (Å²) in [6.07, 6.45) is 0.636. The van der Waals surface area contributed by atoms with E-state index in [1.807, 2.05) is 13.8 Å². The van der Waals surface area contributed by atoms with E-state index < -0.39 is 5.60 Å². The monoisotopic (exact) mass is 171 g/mol. The van der Waals surface area contributed by atoms with Gasteiger partial charge in [-0.05, 0) is 20.8 Å². The second kappa shape index (κ2) is 2.73. The van der Waals surface area contributed by atoms with Gasteiger partial charge in [-0.2, -0.15) is 0 Å². The molecule has 1 aliphatic rings. The van der Waals surface area contributed by atoms with Crippen LogP contribution in [0.2, 0.25) is 0 Å². The summed E-state index contributed by atoms with van der Waals surface area (Å²) in [7, 11) is 0. The smallest absolute Gasteiger partial charge is 0.180 e. The van der Waals surface area contributed by atoms with Crippen molar-refractivity contribution in [2.24, 2.45) is 4.99 Å². The van der Waals surface area contributed by atoms with Gasteiger partial charge in [-0.25, -0.2) is 4.99 Å². The van der Waals surface area contributed by atoms with Crippen LogP contribution in [0.15, 0.2) is 4.99 Å². The summed E-state index contributed by atoms with van der Waals surface area (Å²) in [4.78, 5) is 4.34. The van der Waals surface area contributed by atoms with Crippen LogP contribution >= 0.6 is 0 Å². The maximum atomic E-state index is 9.60. The molecule has 1 rings (SSSR count). The van der Waals surface area contributed by atoms with Gasteiger partial charge in [0, 0.05) is 13.3 Å². The number of ether oxygens (including phenoxy) is 1. The van der Waals surface area contributed by atoms with Crippen LogP contribution in [0.3, 0.4) is 0 Å². The molecule has 0 saturated carbocycles. The number of aliphatic hydroxyl groups is 1. The zero-order valence-corrected chi connectivity index (χ0v) is 8.22. The number of nitrogens with zero attached hydrogens (tertiary/aromatic N) is 1. The first-order chi connectivity index (χ1) is 5.31. The zero-order valence-electron chi connectivity index (χ0n) is 8.22. The standard InChI is InChI=1S/C9H17NO2/c1-7-10-9(4,6-12-7)5-8(2,3)11/h11H,5-6H2,1-4H3. The summed E-state index contributed by atoms with van der Waals surface area (Å²) < 4.78 is 5.25. The first kappa shape index (κ1) is 9.52. The summed E-state index contributed by atoms with van der Waals surface area (Å²) in [6.45, 7) is 8.02. The van der Waals surface area contributed by atoms with E-state index in [0.29, 0.717) is 13.0 Å². The Kier molecular flexibility index (Phi) is 2.17. The molecule has 1 aliphatic heterocycles. The van der Waals surface area contributed by atoms with Crippen molar-refractivity contribution in [2.45, 2.75) is 45.3 Å². The Bertz CT molecular complexity index is 205. The fourth-order valence-electron chi connectivity index (χ4n) is 1.73. The van der Waals surface area contributed by atoms with Gasteiger partial charge in [0.25, 0.3) is 0 Å². The maximum Gasteiger partial charge on any atom is 0.180 e. The lowest BCUT2D eigenvalue weighted by atomic mass is 9.89. The van der Waals surface area contributed by atoms with E-state index in [-0.39, 0.29) is 5.54 Å². The highest BCUT2D eigenvalue weighted by Gasteiger charge is 2.35. The second-order valence-corrected chi connectivity index (χ2v) is 4.41. The van der Waals surface area contributed by atoms with Crippen LogP contribution in [0.4, 0.5) is 0 Å². The van der Waals surface area contributed by atoms with Gasteiger partial charge in [-0.3, -0.25) is 0 Å². The Morgan fingerprint density at radius 3 is 2.58 bits per heavy atom. The third-order valence-corrected chi connectivity index (χ3v) is 1.83. The molecule has 0 amide bonds. The molecule has 1 heterocycles. The molecule has 0 aromatic heterocycles. The van der Waals surface area contributed by atoms with Crippen LogP contribution in [0.1, 0.15) is 34.1 Å². The maximum absolute atomic E-state index is 9.60. The van der Waals surface area contributed by atoms with Crippen molar-refractivity contribution in [1.82, 2.24) is 0 Å². The molecule has 70 valence electrons. The van der Waals surface area contributed by atoms with Crippen LogP contribution in [0.25, 0.3) is 0 Å². The highest BCUT2D eigenvalue weighted by atomic mass is 16.5. The quantitative estimate of drug-likeness (QED) is 0.681. The van der Waals surface area contributed by atoms with Gasteiger partial charge >= 0.3 is 0 Å². The minimum absolute atomic E-state index is 0.234. The van der Waals surface area contributed by atoms with Crippen LogP contribution in [-0.2, 0) is 4.74 Å². The van der Waals surface area contributed by atoms with E-state index in [2.05, 4.69) is 4.99 Å². The zero-order chi connectivity index (χ0) is 9.41. The molecule has 0 radical (unpaired) electrons. The number of hydrogen-bond acceptors (Lipinski definition) is 3. The Balaban J connectivity index is 2.63. The van der Waals surface area contributed by atoms with Crippen LogP contribution in [0.5, 0.6) is 0 Å². The van der Waals surface area contributed by atoms with Crippen molar-refractivity contribution in [3.8, 4) is 0 Å². The molecule has 0 spiro atoms. The Labute approximate surface area is 73.5 Å². The first-order valence-corrected chi connectivity index (χ1v) is 4.22. The van der Waals surface area contributed by atoms with Crippen LogP contribution in [0, 0.1) is 0 Å². The highest BCUT2D eigenvalue weighted by molar-refractivity contribution is 5.75. The largest absolute Gasteiger partial charge is 0.479 e. The SMILES string of the molecule is CC1=NC(C)(CC(C)(C)O)CO1. The molecule has 0 aromatic rings. The third kappa shape index (κ3) is 2.48. The lowest BCUT2D eigenvalue weighted by Crippen LogP contribution is -2.35. The van der Waals surface area contributed by atoms with E-state index in [1.165, 1.54) is 0 Å². The van der Waals surface area contributed by atoms with Gasteiger partial charge in [0.05, 0.1) is 11.1 Å². The predicted molar refractivity (Wildman–Crippen MR) is 48.4 cm³/mol. The van der Waals surface area contributed by atoms with Crippen molar-refractivity contribution in [3.05, 3.63) is 0 Å². The van der Waals surface area contributed by atoms with Crippen LogP contribution in [-0.4, -0.2) is 28.8 Å². The van der Waals surface area contributed by atoms with E-state index in [1.54, 1.807) is 13.8 Å². The minimum atomic E-state index is -0.674. The first-order valence-electron chi connectivity index (χ1n) is 4.22. The van der Waals surface area contributed by atoms with Gasteiger partial charge in [-0.15, -0.1) is 0 Å². The molecule has 3 heteroatoms. The molecule has 1 atom stereocenters. The van der Waals surface area contributed by atoms with Crippen molar-refractivity contribution in [1.29, 1.82) is 0 Å². The molecule has 0 saturated heterocycles. The highest BCUT2D eigenvalue weighted by Crippen LogP contribution is 2.27. The van der Waals surface area contributed by atoms with Crippen molar-refractivity contribution in [3.63, 3.8) is 0 Å². The molecule has 3 nitrogen and oxygen atoms in total. The minimum Gasteiger partial charge on any atom is -0.479 e. The molecule has 0 aromatic carbocycles. The normalized spacial score (nSPS) is 29.9. The number of aliphatic imine (C=N–C) groups is 1. The van der Waals surface area contributed by atoms with Gasteiger partial charge in [0.1, 0.15) is 6.61 Å². The third-order valence-electron chi connectivity index (χ3n) is 1.83. The molecule has 1 unspecified atom stereocenters. The van der Waals surface area contributed by atoms with Crippen molar-refractivity contribution >= 4 is 5.90 Å². The topological polar surface area (TPSA) is 41.8 Å². The van der Waals surface area contributed by atoms with Crippen molar-refractivity contribution < 1.29 is 9.84 Å². The molecular formula is C9H17NO2. The van der Waals surface area contributed by atoms with E-state index in [4.69, 9.17) is 4.74 Å². The van der Waals surface area contributed by atoms with E-state index >= 15 is 0 Å². The molecular weight excluding hydrogens is 154 g/mol. The molecule has 12 heavy (non-hydrogen) atoms. The Hall–Kier alpha value is -0.570. The Morgan fingerprint density at radius 2 is 2.25 bits per heavy atom. The summed E-state index contributed by atoms with van der Waals surface area (Å²) in [6, 6.07) is 0. The average Bonchev–Trinajstić information content (AvgIpc) is 2.05. The predicted octanol–water partition coefficient (Wildman–Crippen LogP) is 1.35. The van der Waals surface area contributed by atoms with E-state index in [9.17, 15) is 5.11 Å². The molecule has 1 N–H and O–H groups in total. The molecule has 0 bridgehead atoms.